The van der Waals surface area contributed by atoms with E-state index in [1.807, 2.05) is 12.1 Å². The molecule has 0 radical (unpaired) electrons. The van der Waals surface area contributed by atoms with E-state index >= 15 is 0 Å². The van der Waals surface area contributed by atoms with Crippen LogP contribution in [-0.4, -0.2) is 6.54 Å². The smallest absolute Gasteiger partial charge is 0.0584 e. The molecule has 0 fully saturated rings. The zero-order valence-corrected chi connectivity index (χ0v) is 10.3. The fraction of sp³-hybridized carbons (Fsp3) is 0.333. The molecule has 2 N–H and O–H groups in total. The topological polar surface area (TPSA) is 26.0 Å². The van der Waals surface area contributed by atoms with Gasteiger partial charge in [-0.1, -0.05) is 23.7 Å². The Morgan fingerprint density at radius 3 is 2.93 bits per heavy atom. The summed E-state index contributed by atoms with van der Waals surface area (Å²) in [6, 6.07) is 6.12. The summed E-state index contributed by atoms with van der Waals surface area (Å²) in [4.78, 5) is 1.37. The van der Waals surface area contributed by atoms with Crippen molar-refractivity contribution in [2.24, 2.45) is 5.73 Å². The maximum Gasteiger partial charge on any atom is 0.0584 e. The van der Waals surface area contributed by atoms with Gasteiger partial charge in [0.15, 0.2) is 0 Å². The van der Waals surface area contributed by atoms with Crippen LogP contribution in [0.1, 0.15) is 16.9 Å². The van der Waals surface area contributed by atoms with E-state index in [1.54, 1.807) is 11.3 Å². The van der Waals surface area contributed by atoms with Gasteiger partial charge < -0.3 is 5.73 Å². The third-order valence-corrected chi connectivity index (χ3v) is 4.23. The van der Waals surface area contributed by atoms with Crippen molar-refractivity contribution in [3.63, 3.8) is 0 Å². The van der Waals surface area contributed by atoms with Crippen LogP contribution in [0.5, 0.6) is 0 Å². The number of hydrogen-bond acceptors (Lipinski definition) is 2. The molecule has 0 saturated carbocycles. The Morgan fingerprint density at radius 1 is 1.40 bits per heavy atom. The Morgan fingerprint density at radius 2 is 2.20 bits per heavy atom. The van der Waals surface area contributed by atoms with Crippen LogP contribution in [0.3, 0.4) is 0 Å². The fourth-order valence-electron chi connectivity index (χ4n) is 1.84. The molecule has 1 aromatic carbocycles. The lowest BCUT2D eigenvalue weighted by Gasteiger charge is -2.00. The first-order valence-corrected chi connectivity index (χ1v) is 6.30. The largest absolute Gasteiger partial charge is 0.330 e. The minimum atomic E-state index is 0.747. The summed E-state index contributed by atoms with van der Waals surface area (Å²) in [5.74, 6) is 0. The van der Waals surface area contributed by atoms with E-state index in [0.29, 0.717) is 0 Å². The van der Waals surface area contributed by atoms with Gasteiger partial charge in [0.25, 0.3) is 0 Å². The van der Waals surface area contributed by atoms with Crippen LogP contribution in [0.2, 0.25) is 5.02 Å². The zero-order chi connectivity index (χ0) is 10.8. The Kier molecular flexibility index (Phi) is 3.29. The minimum Gasteiger partial charge on any atom is -0.330 e. The highest BCUT2D eigenvalue weighted by Gasteiger charge is 2.10. The first-order chi connectivity index (χ1) is 7.24. The molecule has 0 saturated heterocycles. The van der Waals surface area contributed by atoms with Crippen LogP contribution in [0, 0.1) is 6.92 Å². The van der Waals surface area contributed by atoms with E-state index in [-0.39, 0.29) is 0 Å². The van der Waals surface area contributed by atoms with Crippen LogP contribution >= 0.6 is 22.9 Å². The third kappa shape index (κ3) is 2.03. The number of benzene rings is 1. The summed E-state index contributed by atoms with van der Waals surface area (Å²) >= 11 is 7.95. The quantitative estimate of drug-likeness (QED) is 0.867. The van der Waals surface area contributed by atoms with E-state index in [0.717, 1.165) is 24.4 Å². The summed E-state index contributed by atoms with van der Waals surface area (Å²) < 4.78 is 1.21. The van der Waals surface area contributed by atoms with Gasteiger partial charge in [0.05, 0.1) is 9.72 Å². The van der Waals surface area contributed by atoms with E-state index < -0.39 is 0 Å². The Bertz CT molecular complexity index is 476. The molecule has 2 aromatic rings. The standard InChI is InChI=1S/C12H14ClNS/c1-8-9(5-3-7-14)10-4-2-6-11(13)12(10)15-8/h2,4,6H,3,5,7,14H2,1H3. The fourth-order valence-corrected chi connectivity index (χ4v) is 3.24. The normalized spacial score (nSPS) is 11.1. The van der Waals surface area contributed by atoms with Crippen molar-refractivity contribution in [1.29, 1.82) is 0 Å². The molecular weight excluding hydrogens is 226 g/mol. The number of hydrogen-bond donors (Lipinski definition) is 1. The van der Waals surface area contributed by atoms with Crippen molar-refractivity contribution in [3.05, 3.63) is 33.7 Å². The van der Waals surface area contributed by atoms with Crippen LogP contribution < -0.4 is 5.73 Å². The summed E-state index contributed by atoms with van der Waals surface area (Å²) in [5, 5.41) is 2.16. The van der Waals surface area contributed by atoms with E-state index in [4.69, 9.17) is 17.3 Å². The van der Waals surface area contributed by atoms with Crippen LogP contribution in [0.25, 0.3) is 10.1 Å². The second-order valence-electron chi connectivity index (χ2n) is 3.65. The van der Waals surface area contributed by atoms with Gasteiger partial charge >= 0.3 is 0 Å². The lowest BCUT2D eigenvalue weighted by molar-refractivity contribution is 0.835. The van der Waals surface area contributed by atoms with Crippen molar-refractivity contribution in [1.82, 2.24) is 0 Å². The summed E-state index contributed by atoms with van der Waals surface area (Å²) in [5.41, 5.74) is 6.97. The SMILES string of the molecule is Cc1sc2c(Cl)cccc2c1CCCN. The maximum absolute atomic E-state index is 6.16. The Labute approximate surface area is 98.9 Å². The van der Waals surface area contributed by atoms with Gasteiger partial charge in [-0.3, -0.25) is 0 Å². The molecule has 0 spiro atoms. The van der Waals surface area contributed by atoms with E-state index in [2.05, 4.69) is 13.0 Å². The highest BCUT2D eigenvalue weighted by atomic mass is 35.5. The van der Waals surface area contributed by atoms with Crippen molar-refractivity contribution in [2.45, 2.75) is 19.8 Å². The molecule has 1 nitrogen and oxygen atoms in total. The predicted octanol–water partition coefficient (Wildman–Crippen LogP) is 3.75. The second-order valence-corrected chi connectivity index (χ2v) is 5.28. The highest BCUT2D eigenvalue weighted by Crippen LogP contribution is 2.35. The maximum atomic E-state index is 6.16. The van der Waals surface area contributed by atoms with Gasteiger partial charge in [-0.05, 0) is 43.3 Å². The number of fused-ring (bicyclic) bond motifs is 1. The molecule has 0 unspecified atom stereocenters. The van der Waals surface area contributed by atoms with Crippen LogP contribution in [-0.2, 0) is 6.42 Å². The van der Waals surface area contributed by atoms with Crippen LogP contribution in [0.4, 0.5) is 0 Å². The first kappa shape index (κ1) is 10.9. The first-order valence-electron chi connectivity index (χ1n) is 5.10. The molecule has 3 heteroatoms. The summed E-state index contributed by atoms with van der Waals surface area (Å²) in [6.07, 6.45) is 2.10. The number of halogens is 1. The number of nitrogens with two attached hydrogens (primary N) is 1. The molecule has 0 aliphatic rings. The Hall–Kier alpha value is -0.570. The predicted molar refractivity (Wildman–Crippen MR) is 68.9 cm³/mol. The molecule has 0 amide bonds. The molecule has 2 rings (SSSR count). The van der Waals surface area contributed by atoms with Crippen LogP contribution in [0.15, 0.2) is 18.2 Å². The Balaban J connectivity index is 2.53. The molecule has 0 atom stereocenters. The lowest BCUT2D eigenvalue weighted by atomic mass is 10.1. The molecule has 0 aliphatic heterocycles. The molecule has 1 heterocycles. The molecule has 0 bridgehead atoms. The van der Waals surface area contributed by atoms with E-state index in [9.17, 15) is 0 Å². The molecular formula is C12H14ClNS. The lowest BCUT2D eigenvalue weighted by Crippen LogP contribution is -2.00. The zero-order valence-electron chi connectivity index (χ0n) is 8.72. The van der Waals surface area contributed by atoms with Gasteiger partial charge in [-0.25, -0.2) is 0 Å². The van der Waals surface area contributed by atoms with Crippen molar-refractivity contribution >= 4 is 33.0 Å². The van der Waals surface area contributed by atoms with Gasteiger partial charge in [0.1, 0.15) is 0 Å². The monoisotopic (exact) mass is 239 g/mol. The molecule has 15 heavy (non-hydrogen) atoms. The van der Waals surface area contributed by atoms with Gasteiger partial charge in [-0.2, -0.15) is 0 Å². The number of aryl methyl sites for hydroxylation is 2. The average molecular weight is 240 g/mol. The summed E-state index contributed by atoms with van der Waals surface area (Å²) in [6.45, 7) is 2.91. The molecule has 80 valence electrons. The van der Waals surface area contributed by atoms with Gasteiger partial charge in [0.2, 0.25) is 0 Å². The highest BCUT2D eigenvalue weighted by molar-refractivity contribution is 7.19. The minimum absolute atomic E-state index is 0.747. The number of thiophene rings is 1. The second kappa shape index (κ2) is 4.52. The third-order valence-electron chi connectivity index (χ3n) is 2.60. The van der Waals surface area contributed by atoms with Gasteiger partial charge in [-0.15, -0.1) is 11.3 Å². The molecule has 1 aromatic heterocycles. The summed E-state index contributed by atoms with van der Waals surface area (Å²) in [7, 11) is 0. The average Bonchev–Trinajstić information content (AvgIpc) is 2.54. The van der Waals surface area contributed by atoms with Crippen molar-refractivity contribution in [2.75, 3.05) is 6.54 Å². The van der Waals surface area contributed by atoms with Crippen molar-refractivity contribution < 1.29 is 0 Å². The van der Waals surface area contributed by atoms with Gasteiger partial charge in [0, 0.05) is 4.88 Å². The van der Waals surface area contributed by atoms with Crippen molar-refractivity contribution in [3.8, 4) is 0 Å². The van der Waals surface area contributed by atoms with E-state index in [1.165, 1.54) is 20.5 Å². The molecule has 0 aliphatic carbocycles. The number of rotatable bonds is 3.